The van der Waals surface area contributed by atoms with Gasteiger partial charge in [-0.1, -0.05) is 11.6 Å². The van der Waals surface area contributed by atoms with Crippen molar-refractivity contribution in [2.45, 2.75) is 37.4 Å². The predicted molar refractivity (Wildman–Crippen MR) is 123 cm³/mol. The average Bonchev–Trinajstić information content (AvgIpc) is 3.20. The molecule has 3 heterocycles. The Morgan fingerprint density at radius 2 is 2.00 bits per heavy atom. The van der Waals surface area contributed by atoms with Gasteiger partial charge in [0.15, 0.2) is 5.11 Å². The highest BCUT2D eigenvalue weighted by atomic mass is 35.5. The van der Waals surface area contributed by atoms with Crippen LogP contribution in [0.3, 0.4) is 0 Å². The number of hydrogen-bond acceptors (Lipinski definition) is 5. The summed E-state index contributed by atoms with van der Waals surface area (Å²) in [4.78, 5) is 29.1. The number of benzene rings is 1. The minimum absolute atomic E-state index is 0.0524. The van der Waals surface area contributed by atoms with E-state index in [1.54, 1.807) is 12.1 Å². The quantitative estimate of drug-likeness (QED) is 0.563. The molecule has 0 radical (unpaired) electrons. The standard InChI is InChI=1S/C21H28ClN5O3S/c22-14-1-3-15(4-2-14)24-21(31)25-16-11-18-20(29)23-12-17(27(18)13-16)5-6-19(28)26-7-9-30-10-8-26/h1-4,16-18H,5-13H2,(H,23,29)(H2,24,25,31)/t16-,17+,18-/m0/s1. The predicted octanol–water partition coefficient (Wildman–Crippen LogP) is 1.21. The van der Waals surface area contributed by atoms with Gasteiger partial charge in [0.1, 0.15) is 0 Å². The fourth-order valence-electron chi connectivity index (χ4n) is 4.50. The number of carbonyl (C=O) groups excluding carboxylic acids is 2. The van der Waals surface area contributed by atoms with E-state index in [1.807, 2.05) is 17.0 Å². The van der Waals surface area contributed by atoms with Crippen LogP contribution in [-0.2, 0) is 14.3 Å². The Kier molecular flexibility index (Phi) is 7.27. The molecule has 3 aliphatic rings. The zero-order valence-corrected chi connectivity index (χ0v) is 18.9. The number of rotatable bonds is 5. The Labute approximate surface area is 192 Å². The fraction of sp³-hybridized carbons (Fsp3) is 0.571. The van der Waals surface area contributed by atoms with Crippen LogP contribution in [0, 0.1) is 0 Å². The van der Waals surface area contributed by atoms with Gasteiger partial charge >= 0.3 is 0 Å². The number of nitrogens with one attached hydrogen (secondary N) is 3. The first-order chi connectivity index (χ1) is 15.0. The van der Waals surface area contributed by atoms with Crippen LogP contribution in [0.15, 0.2) is 24.3 Å². The number of halogens is 1. The van der Waals surface area contributed by atoms with Gasteiger partial charge in [-0.25, -0.2) is 0 Å². The van der Waals surface area contributed by atoms with E-state index in [4.69, 9.17) is 28.6 Å². The first kappa shape index (κ1) is 22.3. The highest BCUT2D eigenvalue weighted by molar-refractivity contribution is 7.80. The molecular formula is C21H28ClN5O3S. The maximum absolute atomic E-state index is 12.5. The monoisotopic (exact) mass is 465 g/mol. The second-order valence-electron chi connectivity index (χ2n) is 8.18. The van der Waals surface area contributed by atoms with E-state index in [1.165, 1.54) is 0 Å². The second kappa shape index (κ2) is 10.1. The molecule has 168 valence electrons. The summed E-state index contributed by atoms with van der Waals surface area (Å²) in [5.74, 6) is 0.218. The summed E-state index contributed by atoms with van der Waals surface area (Å²) in [5, 5.41) is 10.7. The van der Waals surface area contributed by atoms with Crippen LogP contribution in [-0.4, -0.2) is 84.2 Å². The molecule has 10 heteroatoms. The minimum Gasteiger partial charge on any atom is -0.378 e. The molecular weight excluding hydrogens is 438 g/mol. The lowest BCUT2D eigenvalue weighted by Gasteiger charge is -2.37. The van der Waals surface area contributed by atoms with Gasteiger partial charge in [-0.3, -0.25) is 14.5 Å². The van der Waals surface area contributed by atoms with E-state index >= 15 is 0 Å². The lowest BCUT2D eigenvalue weighted by Crippen LogP contribution is -2.58. The summed E-state index contributed by atoms with van der Waals surface area (Å²) in [6.07, 6.45) is 1.90. The van der Waals surface area contributed by atoms with Gasteiger partial charge in [0.25, 0.3) is 0 Å². The van der Waals surface area contributed by atoms with Crippen molar-refractivity contribution in [3.05, 3.63) is 29.3 Å². The summed E-state index contributed by atoms with van der Waals surface area (Å²) >= 11 is 11.4. The fourth-order valence-corrected chi connectivity index (χ4v) is 4.91. The average molecular weight is 466 g/mol. The third-order valence-electron chi connectivity index (χ3n) is 6.12. The topological polar surface area (TPSA) is 85.9 Å². The summed E-state index contributed by atoms with van der Waals surface area (Å²) in [7, 11) is 0. The van der Waals surface area contributed by atoms with Crippen LogP contribution in [0.1, 0.15) is 19.3 Å². The molecule has 0 saturated carbocycles. The van der Waals surface area contributed by atoms with Crippen molar-refractivity contribution in [2.75, 3.05) is 44.7 Å². The lowest BCUT2D eigenvalue weighted by molar-refractivity contribution is -0.135. The SMILES string of the molecule is O=C1NC[C@@H](CCC(=O)N2CCOCC2)N2C[C@@H](NC(=S)Nc3ccc(Cl)cc3)C[C@@H]12. The molecule has 1 aromatic carbocycles. The third-order valence-corrected chi connectivity index (χ3v) is 6.59. The van der Waals surface area contributed by atoms with Crippen LogP contribution >= 0.6 is 23.8 Å². The summed E-state index contributed by atoms with van der Waals surface area (Å²) in [6, 6.07) is 7.36. The number of hydrogen-bond donors (Lipinski definition) is 3. The molecule has 3 saturated heterocycles. The number of morpholine rings is 1. The van der Waals surface area contributed by atoms with Crippen LogP contribution in [0.4, 0.5) is 5.69 Å². The largest absolute Gasteiger partial charge is 0.378 e. The van der Waals surface area contributed by atoms with Gasteiger partial charge in [0.05, 0.1) is 19.3 Å². The number of thiocarbonyl (C=S) groups is 1. The van der Waals surface area contributed by atoms with Gasteiger partial charge in [0, 0.05) is 55.4 Å². The number of carbonyl (C=O) groups is 2. The number of piperazine rings is 1. The van der Waals surface area contributed by atoms with E-state index in [0.717, 1.165) is 18.7 Å². The molecule has 31 heavy (non-hydrogen) atoms. The van der Waals surface area contributed by atoms with E-state index in [2.05, 4.69) is 20.9 Å². The Morgan fingerprint density at radius 1 is 1.26 bits per heavy atom. The molecule has 3 atom stereocenters. The lowest BCUT2D eigenvalue weighted by atomic mass is 10.0. The van der Waals surface area contributed by atoms with Crippen LogP contribution < -0.4 is 16.0 Å². The summed E-state index contributed by atoms with van der Waals surface area (Å²) < 4.78 is 5.32. The molecule has 3 N–H and O–H groups in total. The Morgan fingerprint density at radius 3 is 2.74 bits per heavy atom. The molecule has 0 aromatic heterocycles. The first-order valence-corrected chi connectivity index (χ1v) is 11.5. The highest BCUT2D eigenvalue weighted by Gasteiger charge is 2.43. The van der Waals surface area contributed by atoms with Crippen molar-refractivity contribution >= 4 is 46.4 Å². The molecule has 0 bridgehead atoms. The van der Waals surface area contributed by atoms with Gasteiger partial charge in [-0.2, -0.15) is 0 Å². The Balaban J connectivity index is 1.29. The molecule has 0 unspecified atom stereocenters. The van der Waals surface area contributed by atoms with Crippen LogP contribution in [0.25, 0.3) is 0 Å². The van der Waals surface area contributed by atoms with Gasteiger partial charge in [-0.05, 0) is 49.3 Å². The number of anilines is 1. The number of nitrogens with zero attached hydrogens (tertiary/aromatic N) is 2. The summed E-state index contributed by atoms with van der Waals surface area (Å²) in [5.41, 5.74) is 0.856. The van der Waals surface area contributed by atoms with Crippen molar-refractivity contribution < 1.29 is 14.3 Å². The Hall–Kier alpha value is -1.94. The molecule has 1 aromatic rings. The third kappa shape index (κ3) is 5.65. The Bertz CT molecular complexity index is 818. The first-order valence-electron chi connectivity index (χ1n) is 10.7. The molecule has 3 fully saturated rings. The molecule has 4 rings (SSSR count). The van der Waals surface area contributed by atoms with E-state index in [-0.39, 0.29) is 29.9 Å². The summed E-state index contributed by atoms with van der Waals surface area (Å²) in [6.45, 7) is 3.84. The van der Waals surface area contributed by atoms with Crippen molar-refractivity contribution in [1.29, 1.82) is 0 Å². The van der Waals surface area contributed by atoms with Crippen LogP contribution in [0.2, 0.25) is 5.02 Å². The maximum Gasteiger partial charge on any atom is 0.237 e. The van der Waals surface area contributed by atoms with Crippen molar-refractivity contribution in [3.8, 4) is 0 Å². The van der Waals surface area contributed by atoms with E-state index in [0.29, 0.717) is 55.8 Å². The van der Waals surface area contributed by atoms with Gasteiger partial charge < -0.3 is 25.6 Å². The molecule has 3 aliphatic heterocycles. The van der Waals surface area contributed by atoms with Crippen molar-refractivity contribution in [1.82, 2.24) is 20.4 Å². The van der Waals surface area contributed by atoms with Crippen molar-refractivity contribution in [2.24, 2.45) is 0 Å². The molecule has 0 aliphatic carbocycles. The van der Waals surface area contributed by atoms with E-state index in [9.17, 15) is 9.59 Å². The van der Waals surface area contributed by atoms with Crippen molar-refractivity contribution in [3.63, 3.8) is 0 Å². The number of amides is 2. The zero-order valence-electron chi connectivity index (χ0n) is 17.3. The maximum atomic E-state index is 12.5. The van der Waals surface area contributed by atoms with Crippen LogP contribution in [0.5, 0.6) is 0 Å². The normalized spacial score (nSPS) is 26.2. The second-order valence-corrected chi connectivity index (χ2v) is 9.03. The highest BCUT2D eigenvalue weighted by Crippen LogP contribution is 2.26. The van der Waals surface area contributed by atoms with E-state index < -0.39 is 0 Å². The minimum atomic E-state index is -0.187. The molecule has 2 amide bonds. The molecule has 0 spiro atoms. The number of ether oxygens (including phenoxy) is 1. The molecule has 8 nitrogen and oxygen atoms in total. The van der Waals surface area contributed by atoms with Gasteiger partial charge in [0.2, 0.25) is 11.8 Å². The zero-order chi connectivity index (χ0) is 21.8. The number of fused-ring (bicyclic) bond motifs is 1. The smallest absolute Gasteiger partial charge is 0.237 e. The van der Waals surface area contributed by atoms with Gasteiger partial charge in [-0.15, -0.1) is 0 Å².